The third kappa shape index (κ3) is 3.42. The second-order valence-corrected chi connectivity index (χ2v) is 6.38. The summed E-state index contributed by atoms with van der Waals surface area (Å²) in [5, 5.41) is 3.41. The summed E-state index contributed by atoms with van der Waals surface area (Å²) in [6, 6.07) is 5.02. The molecule has 0 unspecified atom stereocenters. The van der Waals surface area contributed by atoms with Crippen LogP contribution in [0, 0.1) is 4.77 Å². The van der Waals surface area contributed by atoms with Crippen molar-refractivity contribution in [3.63, 3.8) is 0 Å². The first-order chi connectivity index (χ1) is 11.6. The first-order valence-electron chi connectivity index (χ1n) is 8.27. The predicted molar refractivity (Wildman–Crippen MR) is 95.0 cm³/mol. The fraction of sp³-hybridized carbons (Fsp3) is 0.471. The molecule has 1 atom stereocenters. The Morgan fingerprint density at radius 1 is 1.50 bits per heavy atom. The molecule has 1 fully saturated rings. The summed E-state index contributed by atoms with van der Waals surface area (Å²) in [5.41, 5.74) is 0.961. The van der Waals surface area contributed by atoms with Crippen molar-refractivity contribution in [1.29, 1.82) is 0 Å². The number of fused-ring (bicyclic) bond motifs is 1. The highest BCUT2D eigenvalue weighted by Gasteiger charge is 2.17. The van der Waals surface area contributed by atoms with Gasteiger partial charge in [-0.15, -0.1) is 0 Å². The van der Waals surface area contributed by atoms with E-state index in [1.54, 1.807) is 22.8 Å². The van der Waals surface area contributed by atoms with Crippen LogP contribution in [0.3, 0.4) is 0 Å². The zero-order valence-corrected chi connectivity index (χ0v) is 14.4. The van der Waals surface area contributed by atoms with Crippen LogP contribution in [0.2, 0.25) is 0 Å². The number of carbonyl (C=O) groups is 1. The number of nitrogens with zero attached hydrogens (tertiary/aromatic N) is 1. The molecule has 6 nitrogen and oxygen atoms in total. The number of aromatic amines is 1. The van der Waals surface area contributed by atoms with Gasteiger partial charge < -0.3 is 15.0 Å². The highest BCUT2D eigenvalue weighted by atomic mass is 32.1. The molecule has 0 radical (unpaired) electrons. The molecule has 2 N–H and O–H groups in total. The first kappa shape index (κ1) is 16.9. The number of aromatic nitrogens is 2. The van der Waals surface area contributed by atoms with Crippen molar-refractivity contribution >= 4 is 29.0 Å². The number of amides is 1. The molecule has 128 valence electrons. The van der Waals surface area contributed by atoms with Crippen LogP contribution in [0.5, 0.6) is 0 Å². The second kappa shape index (κ2) is 7.27. The molecule has 0 bridgehead atoms. The molecule has 2 heterocycles. The SMILES string of the molecule is CCCn1c(=S)[nH]c2cc(C(=O)NC[C@@H]3CCCO3)ccc2c1=O. The highest BCUT2D eigenvalue weighted by Crippen LogP contribution is 2.13. The van der Waals surface area contributed by atoms with E-state index in [4.69, 9.17) is 17.0 Å². The lowest BCUT2D eigenvalue weighted by Crippen LogP contribution is -2.31. The number of ether oxygens (including phenoxy) is 1. The third-order valence-electron chi connectivity index (χ3n) is 4.21. The Kier molecular flexibility index (Phi) is 5.11. The van der Waals surface area contributed by atoms with Crippen LogP contribution in [0.25, 0.3) is 10.9 Å². The summed E-state index contributed by atoms with van der Waals surface area (Å²) >= 11 is 5.26. The van der Waals surface area contributed by atoms with Gasteiger partial charge in [-0.05, 0) is 49.7 Å². The van der Waals surface area contributed by atoms with E-state index in [1.165, 1.54) is 0 Å². The number of benzene rings is 1. The van der Waals surface area contributed by atoms with Crippen molar-refractivity contribution < 1.29 is 9.53 Å². The van der Waals surface area contributed by atoms with Crippen LogP contribution < -0.4 is 10.9 Å². The average Bonchev–Trinajstić information content (AvgIpc) is 3.09. The van der Waals surface area contributed by atoms with Gasteiger partial charge in [-0.25, -0.2) is 0 Å². The highest BCUT2D eigenvalue weighted by molar-refractivity contribution is 7.71. The fourth-order valence-corrected chi connectivity index (χ4v) is 3.22. The molecule has 1 aromatic carbocycles. The maximum absolute atomic E-state index is 12.5. The quantitative estimate of drug-likeness (QED) is 0.814. The van der Waals surface area contributed by atoms with Gasteiger partial charge in [-0.1, -0.05) is 6.92 Å². The smallest absolute Gasteiger partial charge is 0.262 e. The summed E-state index contributed by atoms with van der Waals surface area (Å²) in [5.74, 6) is -0.176. The molecule has 0 aliphatic carbocycles. The molecular formula is C17H21N3O3S. The van der Waals surface area contributed by atoms with Crippen LogP contribution in [0.15, 0.2) is 23.0 Å². The largest absolute Gasteiger partial charge is 0.376 e. The van der Waals surface area contributed by atoms with E-state index >= 15 is 0 Å². The molecule has 1 aliphatic heterocycles. The summed E-state index contributed by atoms with van der Waals surface area (Å²) in [6.07, 6.45) is 2.94. The molecular weight excluding hydrogens is 326 g/mol. The van der Waals surface area contributed by atoms with Crippen LogP contribution in [0.1, 0.15) is 36.5 Å². The first-order valence-corrected chi connectivity index (χ1v) is 8.67. The van der Waals surface area contributed by atoms with Gasteiger partial charge >= 0.3 is 0 Å². The van der Waals surface area contributed by atoms with Crippen LogP contribution in [0.4, 0.5) is 0 Å². The van der Waals surface area contributed by atoms with Gasteiger partial charge in [-0.3, -0.25) is 14.2 Å². The molecule has 2 aromatic rings. The number of rotatable bonds is 5. The van der Waals surface area contributed by atoms with E-state index in [2.05, 4.69) is 10.3 Å². The Labute approximate surface area is 144 Å². The summed E-state index contributed by atoms with van der Waals surface area (Å²) in [4.78, 5) is 27.8. The van der Waals surface area contributed by atoms with Gasteiger partial charge in [0.15, 0.2) is 4.77 Å². The standard InChI is InChI=1S/C17H21N3O3S/c1-2-7-20-16(22)13-6-5-11(9-14(13)19-17(20)24)15(21)18-10-12-4-3-8-23-12/h5-6,9,12H,2-4,7-8,10H2,1H3,(H,18,21)(H,19,24)/t12-/m0/s1. The van der Waals surface area contributed by atoms with E-state index in [-0.39, 0.29) is 17.6 Å². The van der Waals surface area contributed by atoms with Gasteiger partial charge in [0.1, 0.15) is 0 Å². The Morgan fingerprint density at radius 2 is 2.33 bits per heavy atom. The van der Waals surface area contributed by atoms with Gasteiger partial charge in [0, 0.05) is 25.3 Å². The summed E-state index contributed by atoms with van der Waals surface area (Å²) in [7, 11) is 0. The molecule has 0 saturated carbocycles. The van der Waals surface area contributed by atoms with E-state index < -0.39 is 0 Å². The zero-order chi connectivity index (χ0) is 17.1. The number of carbonyl (C=O) groups excluding carboxylic acids is 1. The van der Waals surface area contributed by atoms with Gasteiger partial charge in [0.05, 0.1) is 17.0 Å². The third-order valence-corrected chi connectivity index (χ3v) is 4.53. The number of H-pyrrole nitrogens is 1. The van der Waals surface area contributed by atoms with Crippen molar-refractivity contribution in [2.45, 2.75) is 38.8 Å². The molecule has 3 rings (SSSR count). The monoisotopic (exact) mass is 347 g/mol. The molecule has 0 spiro atoms. The molecule has 1 aromatic heterocycles. The molecule has 7 heteroatoms. The van der Waals surface area contributed by atoms with Crippen molar-refractivity contribution in [3.8, 4) is 0 Å². The lowest BCUT2D eigenvalue weighted by molar-refractivity contribution is 0.0858. The van der Waals surface area contributed by atoms with E-state index in [0.29, 0.717) is 34.3 Å². The maximum Gasteiger partial charge on any atom is 0.262 e. The van der Waals surface area contributed by atoms with Gasteiger partial charge in [-0.2, -0.15) is 0 Å². The zero-order valence-electron chi connectivity index (χ0n) is 13.6. The average molecular weight is 347 g/mol. The van der Waals surface area contributed by atoms with E-state index in [1.807, 2.05) is 6.92 Å². The fourth-order valence-electron chi connectivity index (χ4n) is 2.94. The topological polar surface area (TPSA) is 76.1 Å². The Bertz CT molecular complexity index is 865. The van der Waals surface area contributed by atoms with Crippen molar-refractivity contribution in [2.75, 3.05) is 13.2 Å². The summed E-state index contributed by atoms with van der Waals surface area (Å²) in [6.45, 7) is 3.84. The lowest BCUT2D eigenvalue weighted by Gasteiger charge is -2.11. The minimum atomic E-state index is -0.176. The minimum absolute atomic E-state index is 0.0986. The molecule has 1 saturated heterocycles. The lowest BCUT2D eigenvalue weighted by atomic mass is 10.1. The van der Waals surface area contributed by atoms with Gasteiger partial charge in [0.2, 0.25) is 0 Å². The number of hydrogen-bond acceptors (Lipinski definition) is 4. The minimum Gasteiger partial charge on any atom is -0.376 e. The van der Waals surface area contributed by atoms with Crippen molar-refractivity contribution in [2.24, 2.45) is 0 Å². The summed E-state index contributed by atoms with van der Waals surface area (Å²) < 4.78 is 7.43. The molecule has 1 amide bonds. The van der Waals surface area contributed by atoms with Crippen LogP contribution >= 0.6 is 12.2 Å². The maximum atomic E-state index is 12.5. The van der Waals surface area contributed by atoms with Crippen LogP contribution in [-0.4, -0.2) is 34.7 Å². The second-order valence-electron chi connectivity index (χ2n) is 5.99. The van der Waals surface area contributed by atoms with Gasteiger partial charge in [0.25, 0.3) is 11.5 Å². The number of hydrogen-bond donors (Lipinski definition) is 2. The predicted octanol–water partition coefficient (Wildman–Crippen LogP) is 2.38. The Hall–Kier alpha value is -1.99. The number of nitrogens with one attached hydrogen (secondary N) is 2. The normalized spacial score (nSPS) is 17.3. The van der Waals surface area contributed by atoms with Crippen molar-refractivity contribution in [1.82, 2.24) is 14.9 Å². The molecule has 1 aliphatic rings. The van der Waals surface area contributed by atoms with Crippen LogP contribution in [-0.2, 0) is 11.3 Å². The Balaban J connectivity index is 1.85. The Morgan fingerprint density at radius 3 is 3.04 bits per heavy atom. The van der Waals surface area contributed by atoms with E-state index in [0.717, 1.165) is 25.9 Å². The van der Waals surface area contributed by atoms with Crippen molar-refractivity contribution in [3.05, 3.63) is 38.9 Å². The van der Waals surface area contributed by atoms with E-state index in [9.17, 15) is 9.59 Å². The molecule has 24 heavy (non-hydrogen) atoms.